The number of ether oxygens (including phenoxy) is 2. The number of hydrogen-bond donors (Lipinski definition) is 0. The highest BCUT2D eigenvalue weighted by molar-refractivity contribution is 6.31. The Hall–Kier alpha value is -2.60. The molecular formula is C18H17ClN2O4. The standard InChI is InChI=1S/C18H17ClN2O4/c1-12-14(7-8-16(22)25-15-9-10-24-18(15)23)17(19)21(20-12)11-13-5-3-2-4-6-13/h2-8,15H,9-11H2,1H3. The predicted molar refractivity (Wildman–Crippen MR) is 92.0 cm³/mol. The van der Waals surface area contributed by atoms with E-state index in [4.69, 9.17) is 21.1 Å². The Morgan fingerprint density at radius 3 is 2.88 bits per heavy atom. The third-order valence-corrected chi connectivity index (χ3v) is 4.21. The average Bonchev–Trinajstić information content (AvgIpc) is 3.11. The first-order valence-corrected chi connectivity index (χ1v) is 8.24. The second-order valence-corrected chi connectivity index (χ2v) is 6.01. The Morgan fingerprint density at radius 1 is 1.44 bits per heavy atom. The lowest BCUT2D eigenvalue weighted by Gasteiger charge is -2.05. The monoisotopic (exact) mass is 360 g/mol. The van der Waals surface area contributed by atoms with E-state index in [0.717, 1.165) is 5.56 Å². The van der Waals surface area contributed by atoms with E-state index < -0.39 is 18.0 Å². The van der Waals surface area contributed by atoms with Crippen LogP contribution in [-0.2, 0) is 25.6 Å². The molecule has 1 fully saturated rings. The summed E-state index contributed by atoms with van der Waals surface area (Å²) in [7, 11) is 0. The summed E-state index contributed by atoms with van der Waals surface area (Å²) in [6.07, 6.45) is 2.35. The fourth-order valence-corrected chi connectivity index (χ4v) is 2.83. The number of aromatic nitrogens is 2. The molecule has 0 radical (unpaired) electrons. The molecule has 1 aliphatic rings. The minimum Gasteiger partial charge on any atom is -0.463 e. The zero-order valence-electron chi connectivity index (χ0n) is 13.6. The molecule has 0 spiro atoms. The number of nitrogens with zero attached hydrogens (tertiary/aromatic N) is 2. The molecule has 3 rings (SSSR count). The van der Waals surface area contributed by atoms with Crippen LogP contribution in [0, 0.1) is 6.92 Å². The number of carbonyl (C=O) groups is 2. The van der Waals surface area contributed by atoms with Crippen LogP contribution in [0.3, 0.4) is 0 Å². The van der Waals surface area contributed by atoms with E-state index in [1.807, 2.05) is 37.3 Å². The van der Waals surface area contributed by atoms with Crippen LogP contribution in [-0.4, -0.2) is 34.4 Å². The molecule has 1 unspecified atom stereocenters. The summed E-state index contributed by atoms with van der Waals surface area (Å²) in [6.45, 7) is 2.62. The number of benzene rings is 1. The average molecular weight is 361 g/mol. The SMILES string of the molecule is Cc1nn(Cc2ccccc2)c(Cl)c1C=CC(=O)OC1CCOC1=O. The van der Waals surface area contributed by atoms with Crippen LogP contribution in [0.25, 0.3) is 6.08 Å². The molecule has 130 valence electrons. The Bertz CT molecular complexity index is 814. The van der Waals surface area contributed by atoms with Crippen molar-refractivity contribution in [3.8, 4) is 0 Å². The normalized spacial score (nSPS) is 17.0. The van der Waals surface area contributed by atoms with Crippen LogP contribution < -0.4 is 0 Å². The smallest absolute Gasteiger partial charge is 0.347 e. The van der Waals surface area contributed by atoms with Crippen LogP contribution in [0.5, 0.6) is 0 Å². The minimum absolute atomic E-state index is 0.275. The molecule has 0 amide bonds. The predicted octanol–water partition coefficient (Wildman–Crippen LogP) is 2.77. The highest BCUT2D eigenvalue weighted by atomic mass is 35.5. The molecule has 1 saturated heterocycles. The Balaban J connectivity index is 1.70. The van der Waals surface area contributed by atoms with Gasteiger partial charge in [0, 0.05) is 18.1 Å². The minimum atomic E-state index is -0.825. The van der Waals surface area contributed by atoms with Gasteiger partial charge in [-0.2, -0.15) is 5.10 Å². The molecule has 0 N–H and O–H groups in total. The van der Waals surface area contributed by atoms with E-state index in [1.54, 1.807) is 10.8 Å². The van der Waals surface area contributed by atoms with Crippen LogP contribution in [0.15, 0.2) is 36.4 Å². The summed E-state index contributed by atoms with van der Waals surface area (Å²) >= 11 is 6.38. The van der Waals surface area contributed by atoms with E-state index in [2.05, 4.69) is 5.10 Å². The van der Waals surface area contributed by atoms with Crippen molar-refractivity contribution in [2.24, 2.45) is 0 Å². The number of aryl methyl sites for hydroxylation is 1. The first kappa shape index (κ1) is 17.2. The maximum Gasteiger partial charge on any atom is 0.347 e. The van der Waals surface area contributed by atoms with Crippen LogP contribution in [0.4, 0.5) is 0 Å². The molecular weight excluding hydrogens is 344 g/mol. The molecule has 1 aliphatic heterocycles. The highest BCUT2D eigenvalue weighted by Crippen LogP contribution is 2.22. The van der Waals surface area contributed by atoms with Gasteiger partial charge >= 0.3 is 11.9 Å². The molecule has 0 bridgehead atoms. The summed E-state index contributed by atoms with van der Waals surface area (Å²) < 4.78 is 11.5. The molecule has 25 heavy (non-hydrogen) atoms. The summed E-state index contributed by atoms with van der Waals surface area (Å²) in [5, 5.41) is 4.84. The molecule has 1 aromatic heterocycles. The van der Waals surface area contributed by atoms with Crippen molar-refractivity contribution < 1.29 is 19.1 Å². The van der Waals surface area contributed by atoms with Gasteiger partial charge in [-0.1, -0.05) is 41.9 Å². The van der Waals surface area contributed by atoms with Crippen molar-refractivity contribution in [2.45, 2.75) is 26.0 Å². The number of cyclic esters (lactones) is 1. The first-order valence-electron chi connectivity index (χ1n) is 7.87. The van der Waals surface area contributed by atoms with Crippen molar-refractivity contribution in [2.75, 3.05) is 6.61 Å². The lowest BCUT2D eigenvalue weighted by atomic mass is 10.2. The van der Waals surface area contributed by atoms with Crippen LogP contribution in [0.1, 0.15) is 23.2 Å². The number of halogens is 1. The highest BCUT2D eigenvalue weighted by Gasteiger charge is 2.29. The third kappa shape index (κ3) is 4.09. The van der Waals surface area contributed by atoms with Gasteiger partial charge in [0.2, 0.25) is 6.10 Å². The fraction of sp³-hybridized carbons (Fsp3) is 0.278. The zero-order valence-corrected chi connectivity index (χ0v) is 14.4. The summed E-state index contributed by atoms with van der Waals surface area (Å²) in [4.78, 5) is 23.2. The van der Waals surface area contributed by atoms with E-state index in [0.29, 0.717) is 29.4 Å². The van der Waals surface area contributed by atoms with Gasteiger partial charge in [-0.15, -0.1) is 0 Å². The molecule has 2 aromatic rings. The van der Waals surface area contributed by atoms with Gasteiger partial charge < -0.3 is 9.47 Å². The quantitative estimate of drug-likeness (QED) is 0.605. The van der Waals surface area contributed by atoms with E-state index in [1.165, 1.54) is 6.08 Å². The van der Waals surface area contributed by atoms with Crippen molar-refractivity contribution in [3.05, 3.63) is 58.4 Å². The van der Waals surface area contributed by atoms with E-state index in [-0.39, 0.29) is 6.61 Å². The second kappa shape index (κ2) is 7.53. The summed E-state index contributed by atoms with van der Waals surface area (Å²) in [5.74, 6) is -1.12. The van der Waals surface area contributed by atoms with E-state index in [9.17, 15) is 9.59 Å². The van der Waals surface area contributed by atoms with Crippen molar-refractivity contribution in [1.29, 1.82) is 0 Å². The number of hydrogen-bond acceptors (Lipinski definition) is 5. The lowest BCUT2D eigenvalue weighted by molar-refractivity contribution is -0.156. The van der Waals surface area contributed by atoms with Crippen LogP contribution >= 0.6 is 11.6 Å². The van der Waals surface area contributed by atoms with Gasteiger partial charge in [0.15, 0.2) is 0 Å². The largest absolute Gasteiger partial charge is 0.463 e. The Morgan fingerprint density at radius 2 is 2.20 bits per heavy atom. The summed E-state index contributed by atoms with van der Waals surface area (Å²) in [5.41, 5.74) is 2.41. The van der Waals surface area contributed by atoms with Crippen molar-refractivity contribution in [1.82, 2.24) is 9.78 Å². The Kier molecular flexibility index (Phi) is 5.19. The van der Waals surface area contributed by atoms with Gasteiger partial charge in [0.1, 0.15) is 5.15 Å². The second-order valence-electron chi connectivity index (χ2n) is 5.65. The third-order valence-electron chi connectivity index (χ3n) is 3.82. The lowest BCUT2D eigenvalue weighted by Crippen LogP contribution is -2.21. The number of esters is 2. The van der Waals surface area contributed by atoms with Gasteiger partial charge in [-0.3, -0.25) is 0 Å². The van der Waals surface area contributed by atoms with Crippen molar-refractivity contribution in [3.63, 3.8) is 0 Å². The summed E-state index contributed by atoms with van der Waals surface area (Å²) in [6, 6.07) is 9.82. The van der Waals surface area contributed by atoms with Crippen LogP contribution in [0.2, 0.25) is 5.15 Å². The van der Waals surface area contributed by atoms with Crippen molar-refractivity contribution >= 4 is 29.6 Å². The van der Waals surface area contributed by atoms with E-state index >= 15 is 0 Å². The Labute approximate surface area is 150 Å². The molecule has 1 atom stereocenters. The maximum absolute atomic E-state index is 11.9. The maximum atomic E-state index is 11.9. The topological polar surface area (TPSA) is 70.4 Å². The molecule has 0 saturated carbocycles. The fourth-order valence-electron chi connectivity index (χ4n) is 2.53. The van der Waals surface area contributed by atoms with Gasteiger partial charge in [0.25, 0.3) is 0 Å². The first-order chi connectivity index (χ1) is 12.0. The molecule has 6 nitrogen and oxygen atoms in total. The molecule has 7 heteroatoms. The zero-order chi connectivity index (χ0) is 17.8. The number of rotatable bonds is 5. The molecule has 0 aliphatic carbocycles. The number of carbonyl (C=O) groups excluding carboxylic acids is 2. The van der Waals surface area contributed by atoms with Gasteiger partial charge in [-0.05, 0) is 18.6 Å². The molecule has 2 heterocycles. The van der Waals surface area contributed by atoms with Gasteiger partial charge in [-0.25, -0.2) is 14.3 Å². The van der Waals surface area contributed by atoms with Gasteiger partial charge in [0.05, 0.1) is 18.8 Å². The molecule has 1 aromatic carbocycles.